The number of amides is 1. The predicted octanol–water partition coefficient (Wildman–Crippen LogP) is 4.86. The van der Waals surface area contributed by atoms with Crippen LogP contribution in [0.1, 0.15) is 29.5 Å². The van der Waals surface area contributed by atoms with Gasteiger partial charge in [-0.25, -0.2) is 4.79 Å². The zero-order chi connectivity index (χ0) is 37.7. The zero-order valence-corrected chi connectivity index (χ0v) is 31.1. The third-order valence-corrected chi connectivity index (χ3v) is 12.7. The number of carbonyl (C=O) groups is 2. The van der Waals surface area contributed by atoms with E-state index < -0.39 is 32.3 Å². The third-order valence-electron chi connectivity index (χ3n) is 9.07. The van der Waals surface area contributed by atoms with E-state index in [1.165, 1.54) is 30.0 Å². The number of anilines is 1. The molecule has 52 heavy (non-hydrogen) atoms. The first-order valence-corrected chi connectivity index (χ1v) is 20.2. The fourth-order valence-corrected chi connectivity index (χ4v) is 9.00. The maximum atomic E-state index is 13.2. The standard InChI is InChI=1S/C23H25N3O3S.2C7H8O3S/c24-18-20(27)26-19(22(28)29-15-16-7-3-1-4-8-16)23(30-21(18)26)11-13-25(14-12-23)17-9-5-2-6-10-17;2*1-6-2-4-7(5-3-6)11(8,9)10/h1-10,18-19,21H,11-15,24H2;2*2-5H,1H3,(H,8,9,10)/t18?,19?,21-;;/m0../s1. The molecule has 1 spiro atoms. The molecule has 3 aliphatic rings. The summed E-state index contributed by atoms with van der Waals surface area (Å²) in [5.74, 6) is -0.459. The highest BCUT2D eigenvalue weighted by atomic mass is 32.2. The number of benzene rings is 4. The lowest BCUT2D eigenvalue weighted by Gasteiger charge is -2.44. The molecule has 3 aliphatic heterocycles. The molecule has 0 aromatic heterocycles. The van der Waals surface area contributed by atoms with Crippen LogP contribution in [-0.2, 0) is 41.2 Å². The summed E-state index contributed by atoms with van der Waals surface area (Å²) in [7, 11) is -8.04. The van der Waals surface area contributed by atoms with E-state index in [9.17, 15) is 26.4 Å². The van der Waals surface area contributed by atoms with Gasteiger partial charge in [-0.1, -0.05) is 83.9 Å². The molecule has 3 heterocycles. The molecule has 0 saturated carbocycles. The normalized spacial score (nSPS) is 20.4. The largest absolute Gasteiger partial charge is 0.459 e. The van der Waals surface area contributed by atoms with E-state index >= 15 is 0 Å². The monoisotopic (exact) mass is 767 g/mol. The van der Waals surface area contributed by atoms with Crippen LogP contribution in [0.4, 0.5) is 5.69 Å². The Bertz CT molecular complexity index is 1980. The Balaban J connectivity index is 0.000000194. The highest BCUT2D eigenvalue weighted by Crippen LogP contribution is 2.55. The van der Waals surface area contributed by atoms with Crippen molar-refractivity contribution in [3.8, 4) is 0 Å². The van der Waals surface area contributed by atoms with Crippen molar-refractivity contribution in [3.05, 3.63) is 126 Å². The number of nitrogens with zero attached hydrogens (tertiary/aromatic N) is 2. The van der Waals surface area contributed by atoms with E-state index in [0.717, 1.165) is 42.6 Å². The summed E-state index contributed by atoms with van der Waals surface area (Å²) >= 11 is 1.70. The molecule has 0 aliphatic carbocycles. The van der Waals surface area contributed by atoms with Gasteiger partial charge < -0.3 is 20.3 Å². The fraction of sp³-hybridized carbons (Fsp3) is 0.297. The molecule has 3 fully saturated rings. The number of aryl methyl sites for hydroxylation is 2. The number of thioether (sulfide) groups is 1. The summed E-state index contributed by atoms with van der Waals surface area (Å²) in [6.07, 6.45) is 1.62. The van der Waals surface area contributed by atoms with Gasteiger partial charge in [0.2, 0.25) is 5.91 Å². The number of ether oxygens (including phenoxy) is 1. The molecule has 12 nitrogen and oxygen atoms in total. The van der Waals surface area contributed by atoms with Crippen LogP contribution in [0.5, 0.6) is 0 Å². The quantitative estimate of drug-likeness (QED) is 0.138. The predicted molar refractivity (Wildman–Crippen MR) is 199 cm³/mol. The van der Waals surface area contributed by atoms with Gasteiger partial charge in [-0.05, 0) is 68.7 Å². The molecule has 1 amide bonds. The van der Waals surface area contributed by atoms with E-state index in [4.69, 9.17) is 19.6 Å². The number of nitrogens with two attached hydrogens (primary N) is 1. The molecule has 3 saturated heterocycles. The Labute approximate surface area is 308 Å². The van der Waals surface area contributed by atoms with Crippen LogP contribution in [0.15, 0.2) is 119 Å². The van der Waals surface area contributed by atoms with Crippen LogP contribution in [0.3, 0.4) is 0 Å². The second-order valence-corrected chi connectivity index (χ2v) is 17.1. The second-order valence-electron chi connectivity index (χ2n) is 12.7. The molecule has 4 aromatic carbocycles. The lowest BCUT2D eigenvalue weighted by Crippen LogP contribution is -2.69. The Kier molecular flexibility index (Phi) is 12.1. The lowest BCUT2D eigenvalue weighted by molar-refractivity contribution is -0.164. The first-order valence-electron chi connectivity index (χ1n) is 16.4. The third kappa shape index (κ3) is 9.21. The molecule has 15 heteroatoms. The Morgan fingerprint density at radius 1 is 0.788 bits per heavy atom. The lowest BCUT2D eigenvalue weighted by atomic mass is 9.85. The zero-order valence-electron chi connectivity index (χ0n) is 28.6. The van der Waals surface area contributed by atoms with Gasteiger partial charge in [0.05, 0.1) is 14.5 Å². The van der Waals surface area contributed by atoms with Crippen molar-refractivity contribution in [2.24, 2.45) is 5.73 Å². The van der Waals surface area contributed by atoms with Crippen LogP contribution < -0.4 is 10.6 Å². The van der Waals surface area contributed by atoms with Crippen molar-refractivity contribution in [3.63, 3.8) is 0 Å². The molecule has 7 rings (SSSR count). The van der Waals surface area contributed by atoms with Crippen LogP contribution in [0, 0.1) is 13.8 Å². The fourth-order valence-electron chi connectivity index (χ4n) is 6.20. The number of rotatable bonds is 6. The van der Waals surface area contributed by atoms with Gasteiger partial charge in [-0.3, -0.25) is 13.9 Å². The first kappa shape index (κ1) is 39.0. The van der Waals surface area contributed by atoms with Crippen LogP contribution in [-0.4, -0.2) is 78.0 Å². The topological polar surface area (TPSA) is 185 Å². The van der Waals surface area contributed by atoms with Gasteiger partial charge >= 0.3 is 5.97 Å². The summed E-state index contributed by atoms with van der Waals surface area (Å²) in [5, 5.41) is -0.130. The molecule has 4 aromatic rings. The maximum absolute atomic E-state index is 13.2. The Morgan fingerprint density at radius 3 is 1.71 bits per heavy atom. The molecule has 3 atom stereocenters. The van der Waals surface area contributed by atoms with Crippen molar-refractivity contribution in [1.82, 2.24) is 4.90 Å². The van der Waals surface area contributed by atoms with E-state index in [0.29, 0.717) is 0 Å². The van der Waals surface area contributed by atoms with E-state index in [2.05, 4.69) is 17.0 Å². The van der Waals surface area contributed by atoms with E-state index in [-0.39, 0.29) is 38.4 Å². The van der Waals surface area contributed by atoms with Crippen molar-refractivity contribution in [2.75, 3.05) is 18.0 Å². The van der Waals surface area contributed by atoms with Crippen molar-refractivity contribution >= 4 is 49.6 Å². The molecule has 0 bridgehead atoms. The van der Waals surface area contributed by atoms with Gasteiger partial charge in [-0.2, -0.15) is 16.8 Å². The van der Waals surface area contributed by atoms with Gasteiger partial charge in [0.15, 0.2) is 0 Å². The van der Waals surface area contributed by atoms with Gasteiger partial charge in [0.25, 0.3) is 20.2 Å². The summed E-state index contributed by atoms with van der Waals surface area (Å²) in [6.45, 7) is 5.57. The van der Waals surface area contributed by atoms with Crippen LogP contribution in [0.25, 0.3) is 0 Å². The van der Waals surface area contributed by atoms with Gasteiger partial charge in [0, 0.05) is 18.8 Å². The molecular weight excluding hydrogens is 727 g/mol. The number of β-lactam (4-membered cyclic amide) rings is 1. The molecule has 4 N–H and O–H groups in total. The minimum absolute atomic E-state index is 0.0666. The molecular formula is C37H41N3O9S3. The molecule has 2 unspecified atom stereocenters. The number of hydrogen-bond acceptors (Lipinski definition) is 10. The maximum Gasteiger partial charge on any atom is 0.330 e. The number of piperidine rings is 1. The minimum atomic E-state index is -4.02. The highest BCUT2D eigenvalue weighted by Gasteiger charge is 2.66. The summed E-state index contributed by atoms with van der Waals surface area (Å²) < 4.78 is 64.4. The summed E-state index contributed by atoms with van der Waals surface area (Å²) in [5.41, 5.74) is 10.1. The number of para-hydroxylation sites is 1. The summed E-state index contributed by atoms with van der Waals surface area (Å²) in [6, 6.07) is 30.8. The van der Waals surface area contributed by atoms with Crippen molar-refractivity contribution in [2.45, 2.75) is 65.3 Å². The van der Waals surface area contributed by atoms with Gasteiger partial charge in [0.1, 0.15) is 24.1 Å². The first-order chi connectivity index (χ1) is 24.6. The number of esters is 1. The Hall–Kier alpha value is -4.25. The number of fused-ring (bicyclic) bond motifs is 1. The molecule has 276 valence electrons. The number of carbonyl (C=O) groups excluding carboxylic acids is 2. The van der Waals surface area contributed by atoms with E-state index in [1.54, 1.807) is 40.9 Å². The summed E-state index contributed by atoms with van der Waals surface area (Å²) in [4.78, 5) is 29.6. The minimum Gasteiger partial charge on any atom is -0.459 e. The SMILES string of the molecule is Cc1ccc(S(=O)(=O)O)cc1.Cc1ccc(S(=O)(=O)O)cc1.NC1C(=O)N2C(C(=O)OCc3ccccc3)C3(CCN(c4ccccc4)CC3)S[C@@H]12. The van der Waals surface area contributed by atoms with Crippen molar-refractivity contribution < 1.29 is 40.3 Å². The average molecular weight is 768 g/mol. The van der Waals surface area contributed by atoms with E-state index in [1.807, 2.05) is 62.4 Å². The Morgan fingerprint density at radius 2 is 1.25 bits per heavy atom. The highest BCUT2D eigenvalue weighted by molar-refractivity contribution is 8.01. The van der Waals surface area contributed by atoms with Crippen LogP contribution in [0.2, 0.25) is 0 Å². The smallest absolute Gasteiger partial charge is 0.330 e. The molecule has 0 radical (unpaired) electrons. The van der Waals surface area contributed by atoms with Gasteiger partial charge in [-0.15, -0.1) is 11.8 Å². The van der Waals surface area contributed by atoms with Crippen LogP contribution >= 0.6 is 11.8 Å². The van der Waals surface area contributed by atoms with Crippen molar-refractivity contribution in [1.29, 1.82) is 0 Å². The average Bonchev–Trinajstić information content (AvgIpc) is 3.42. The second kappa shape index (κ2) is 16.2. The number of hydrogen-bond donors (Lipinski definition) is 3.